The quantitative estimate of drug-likeness (QED) is 0.275. The number of amides is 2. The summed E-state index contributed by atoms with van der Waals surface area (Å²) in [6, 6.07) is 18.3. The average Bonchev–Trinajstić information content (AvgIpc) is 3.47. The molecule has 3 aromatic rings. The van der Waals surface area contributed by atoms with Gasteiger partial charge in [-0.1, -0.05) is 67.3 Å². The van der Waals surface area contributed by atoms with Crippen molar-refractivity contribution in [2.24, 2.45) is 0 Å². The SMILES string of the molecule is CCC(C(=O)NC1CCCC1)N(Cc1ccc(C)cc1)C(=O)CN(c1ccc(C)c(C)c1)S(=O)(=O)c1ccc(Cl)cc1. The largest absolute Gasteiger partial charge is 0.352 e. The Bertz CT molecular complexity index is 1500. The summed E-state index contributed by atoms with van der Waals surface area (Å²) < 4.78 is 29.2. The monoisotopic (exact) mass is 609 g/mol. The van der Waals surface area contributed by atoms with Crippen LogP contribution in [-0.4, -0.2) is 43.8 Å². The number of benzene rings is 3. The molecule has 42 heavy (non-hydrogen) atoms. The van der Waals surface area contributed by atoms with E-state index in [0.717, 1.165) is 52.2 Å². The second kappa shape index (κ2) is 13.7. The highest BCUT2D eigenvalue weighted by Crippen LogP contribution is 2.28. The number of rotatable bonds is 11. The Morgan fingerprint density at radius 2 is 1.57 bits per heavy atom. The van der Waals surface area contributed by atoms with Gasteiger partial charge in [0, 0.05) is 17.6 Å². The van der Waals surface area contributed by atoms with Crippen LogP contribution >= 0.6 is 11.6 Å². The minimum Gasteiger partial charge on any atom is -0.352 e. The summed E-state index contributed by atoms with van der Waals surface area (Å²) >= 11 is 6.04. The van der Waals surface area contributed by atoms with Gasteiger partial charge in [-0.25, -0.2) is 8.42 Å². The molecular formula is C33H40ClN3O4S. The van der Waals surface area contributed by atoms with E-state index in [4.69, 9.17) is 11.6 Å². The Balaban J connectivity index is 1.73. The lowest BCUT2D eigenvalue weighted by atomic mass is 10.1. The van der Waals surface area contributed by atoms with Gasteiger partial charge in [0.1, 0.15) is 12.6 Å². The third-order valence-electron chi connectivity index (χ3n) is 8.02. The van der Waals surface area contributed by atoms with Crippen molar-refractivity contribution >= 4 is 39.1 Å². The van der Waals surface area contributed by atoms with Crippen LogP contribution in [0.2, 0.25) is 5.02 Å². The number of hydrogen-bond donors (Lipinski definition) is 1. The Kier molecular flexibility index (Phi) is 10.3. The second-order valence-corrected chi connectivity index (χ2v) is 13.5. The Morgan fingerprint density at radius 3 is 2.17 bits per heavy atom. The molecule has 7 nitrogen and oxygen atoms in total. The van der Waals surface area contributed by atoms with Crippen LogP contribution in [-0.2, 0) is 26.2 Å². The highest BCUT2D eigenvalue weighted by atomic mass is 35.5. The van der Waals surface area contributed by atoms with Crippen molar-refractivity contribution in [2.45, 2.75) is 83.3 Å². The number of nitrogens with zero attached hydrogens (tertiary/aromatic N) is 2. The van der Waals surface area contributed by atoms with Gasteiger partial charge in [0.15, 0.2) is 0 Å². The number of hydrogen-bond acceptors (Lipinski definition) is 4. The zero-order valence-electron chi connectivity index (χ0n) is 24.8. The van der Waals surface area contributed by atoms with Gasteiger partial charge in [0.2, 0.25) is 11.8 Å². The Labute approximate surface area is 254 Å². The third-order valence-corrected chi connectivity index (χ3v) is 10.1. The van der Waals surface area contributed by atoms with Gasteiger partial charge in [-0.05, 0) is 93.1 Å². The first-order valence-electron chi connectivity index (χ1n) is 14.5. The van der Waals surface area contributed by atoms with Gasteiger partial charge >= 0.3 is 0 Å². The van der Waals surface area contributed by atoms with E-state index >= 15 is 0 Å². The van der Waals surface area contributed by atoms with E-state index in [-0.39, 0.29) is 23.4 Å². The van der Waals surface area contributed by atoms with Crippen LogP contribution < -0.4 is 9.62 Å². The minimum absolute atomic E-state index is 0.0223. The molecule has 4 rings (SSSR count). The van der Waals surface area contributed by atoms with Crippen molar-refractivity contribution in [3.05, 3.63) is 94.0 Å². The summed E-state index contributed by atoms with van der Waals surface area (Å²) in [5, 5.41) is 3.55. The molecule has 1 aliphatic carbocycles. The molecular weight excluding hydrogens is 570 g/mol. The highest BCUT2D eigenvalue weighted by Gasteiger charge is 2.34. The van der Waals surface area contributed by atoms with Gasteiger partial charge in [-0.3, -0.25) is 13.9 Å². The normalized spacial score (nSPS) is 14.4. The van der Waals surface area contributed by atoms with Crippen molar-refractivity contribution in [1.82, 2.24) is 10.2 Å². The van der Waals surface area contributed by atoms with Crippen LogP contribution in [0, 0.1) is 20.8 Å². The molecule has 1 fully saturated rings. The summed E-state index contributed by atoms with van der Waals surface area (Å²) in [4.78, 5) is 29.4. The maximum Gasteiger partial charge on any atom is 0.264 e. The first kappa shape index (κ1) is 31.6. The zero-order valence-corrected chi connectivity index (χ0v) is 26.3. The van der Waals surface area contributed by atoms with Crippen LogP contribution in [0.5, 0.6) is 0 Å². The molecule has 9 heteroatoms. The van der Waals surface area contributed by atoms with Crippen LogP contribution in [0.1, 0.15) is 61.3 Å². The Morgan fingerprint density at radius 1 is 0.929 bits per heavy atom. The van der Waals surface area contributed by atoms with Crippen molar-refractivity contribution in [1.29, 1.82) is 0 Å². The molecule has 0 saturated heterocycles. The summed E-state index contributed by atoms with van der Waals surface area (Å²) in [6.07, 6.45) is 4.38. The lowest BCUT2D eigenvalue weighted by Gasteiger charge is -2.34. The third kappa shape index (κ3) is 7.53. The molecule has 1 N–H and O–H groups in total. The van der Waals surface area contributed by atoms with Gasteiger partial charge in [-0.2, -0.15) is 0 Å². The fourth-order valence-corrected chi connectivity index (χ4v) is 6.85. The zero-order chi connectivity index (χ0) is 30.4. The number of nitrogens with one attached hydrogen (secondary N) is 1. The number of aryl methyl sites for hydroxylation is 3. The van der Waals surface area contributed by atoms with Gasteiger partial charge in [-0.15, -0.1) is 0 Å². The van der Waals surface area contributed by atoms with Crippen LogP contribution in [0.4, 0.5) is 5.69 Å². The predicted molar refractivity (Wildman–Crippen MR) is 168 cm³/mol. The summed E-state index contributed by atoms with van der Waals surface area (Å²) in [5.74, 6) is -0.664. The molecule has 0 radical (unpaired) electrons. The number of carbonyl (C=O) groups is 2. The molecule has 0 aromatic heterocycles. The molecule has 3 aromatic carbocycles. The molecule has 1 atom stereocenters. The molecule has 1 unspecified atom stereocenters. The maximum atomic E-state index is 14.2. The van der Waals surface area contributed by atoms with E-state index in [0.29, 0.717) is 17.1 Å². The molecule has 224 valence electrons. The van der Waals surface area contributed by atoms with Crippen LogP contribution in [0.15, 0.2) is 71.6 Å². The van der Waals surface area contributed by atoms with E-state index < -0.39 is 28.5 Å². The predicted octanol–water partition coefficient (Wildman–Crippen LogP) is 6.33. The topological polar surface area (TPSA) is 86.8 Å². The minimum atomic E-state index is -4.15. The molecule has 0 spiro atoms. The molecule has 0 heterocycles. The first-order chi connectivity index (χ1) is 20.0. The van der Waals surface area contributed by atoms with E-state index in [2.05, 4.69) is 5.32 Å². The van der Waals surface area contributed by atoms with E-state index in [1.165, 1.54) is 29.2 Å². The van der Waals surface area contributed by atoms with Gasteiger partial charge in [0.25, 0.3) is 10.0 Å². The Hall–Kier alpha value is -3.36. The molecule has 0 bridgehead atoms. The van der Waals surface area contributed by atoms with Crippen molar-refractivity contribution < 1.29 is 18.0 Å². The number of anilines is 1. The lowest BCUT2D eigenvalue weighted by molar-refractivity contribution is -0.140. The fourth-order valence-electron chi connectivity index (χ4n) is 5.32. The van der Waals surface area contributed by atoms with E-state index in [9.17, 15) is 18.0 Å². The summed E-state index contributed by atoms with van der Waals surface area (Å²) in [7, 11) is -4.15. The highest BCUT2D eigenvalue weighted by molar-refractivity contribution is 7.92. The van der Waals surface area contributed by atoms with Gasteiger partial charge in [0.05, 0.1) is 10.6 Å². The molecule has 1 aliphatic rings. The van der Waals surface area contributed by atoms with Crippen LogP contribution in [0.3, 0.4) is 0 Å². The summed E-state index contributed by atoms with van der Waals surface area (Å²) in [5.41, 5.74) is 4.22. The fraction of sp³-hybridized carbons (Fsp3) is 0.394. The molecule has 0 aliphatic heterocycles. The van der Waals surface area contributed by atoms with Crippen molar-refractivity contribution in [3.63, 3.8) is 0 Å². The van der Waals surface area contributed by atoms with Crippen molar-refractivity contribution in [3.8, 4) is 0 Å². The standard InChI is InChI=1S/C33H40ClN3O4S/c1-5-31(33(39)35-28-8-6-7-9-28)36(21-26-13-10-23(2)11-14-26)32(38)22-37(29-17-12-24(3)25(4)20-29)42(40,41)30-18-15-27(34)16-19-30/h10-20,28,31H,5-9,21-22H2,1-4H3,(H,35,39). The number of sulfonamides is 1. The van der Waals surface area contributed by atoms with E-state index in [1.807, 2.05) is 58.0 Å². The molecule has 1 saturated carbocycles. The van der Waals surface area contributed by atoms with Crippen molar-refractivity contribution in [2.75, 3.05) is 10.8 Å². The second-order valence-electron chi connectivity index (χ2n) is 11.2. The number of carbonyl (C=O) groups excluding carboxylic acids is 2. The van der Waals surface area contributed by atoms with Crippen LogP contribution in [0.25, 0.3) is 0 Å². The first-order valence-corrected chi connectivity index (χ1v) is 16.3. The average molecular weight is 610 g/mol. The van der Waals surface area contributed by atoms with E-state index in [1.54, 1.807) is 12.1 Å². The molecule has 2 amide bonds. The number of halogens is 1. The summed E-state index contributed by atoms with van der Waals surface area (Å²) in [6.45, 7) is 7.42. The smallest absolute Gasteiger partial charge is 0.264 e. The van der Waals surface area contributed by atoms with Gasteiger partial charge < -0.3 is 10.2 Å². The maximum absolute atomic E-state index is 14.2. The lowest BCUT2D eigenvalue weighted by Crippen LogP contribution is -2.53.